The molecule has 0 spiro atoms. The fourth-order valence-electron chi connectivity index (χ4n) is 2.72. The molecule has 140 valence electrons. The molecule has 0 aliphatic carbocycles. The Morgan fingerprint density at radius 2 is 1.54 bits per heavy atom. The van der Waals surface area contributed by atoms with Crippen molar-refractivity contribution in [2.45, 2.75) is 11.8 Å². The van der Waals surface area contributed by atoms with Gasteiger partial charge in [-0.3, -0.25) is 4.72 Å². The van der Waals surface area contributed by atoms with Gasteiger partial charge in [-0.05, 0) is 31.2 Å². The molecule has 3 aromatic carbocycles. The first-order chi connectivity index (χ1) is 13.5. The fraction of sp³-hybridized carbons (Fsp3) is 0.0476. The van der Waals surface area contributed by atoms with Gasteiger partial charge in [-0.15, -0.1) is 0 Å². The molecule has 0 amide bonds. The molecule has 1 aromatic heterocycles. The predicted octanol–water partition coefficient (Wildman–Crippen LogP) is 4.51. The Labute approximate surface area is 162 Å². The van der Waals surface area contributed by atoms with Gasteiger partial charge in [0, 0.05) is 5.56 Å². The van der Waals surface area contributed by atoms with Crippen molar-refractivity contribution in [1.29, 1.82) is 0 Å². The standard InChI is InChI=1S/C21H17N3O3S/c1-15-11-13-17(14-12-15)28(25,26)24-19-10-6-5-9-18(19)21-22-20(23-27-21)16-7-3-2-4-8-16/h2-14,24H,1H3. The van der Waals surface area contributed by atoms with E-state index in [1.54, 1.807) is 48.5 Å². The third-order valence-electron chi connectivity index (χ3n) is 4.19. The molecule has 0 unspecified atom stereocenters. The summed E-state index contributed by atoms with van der Waals surface area (Å²) in [7, 11) is -3.75. The zero-order valence-electron chi connectivity index (χ0n) is 15.0. The Hall–Kier alpha value is -3.45. The lowest BCUT2D eigenvalue weighted by Gasteiger charge is -2.10. The largest absolute Gasteiger partial charge is 0.334 e. The molecule has 0 aliphatic heterocycles. The van der Waals surface area contributed by atoms with Gasteiger partial charge in [0.15, 0.2) is 0 Å². The lowest BCUT2D eigenvalue weighted by molar-refractivity contribution is 0.432. The highest BCUT2D eigenvalue weighted by Crippen LogP contribution is 2.30. The second kappa shape index (κ2) is 7.28. The van der Waals surface area contributed by atoms with Gasteiger partial charge in [0.05, 0.1) is 16.1 Å². The first-order valence-corrected chi connectivity index (χ1v) is 10.1. The van der Waals surface area contributed by atoms with Crippen molar-refractivity contribution in [2.24, 2.45) is 0 Å². The smallest absolute Gasteiger partial charge is 0.261 e. The number of rotatable bonds is 5. The highest BCUT2D eigenvalue weighted by molar-refractivity contribution is 7.92. The molecule has 0 saturated heterocycles. The number of aromatic nitrogens is 2. The van der Waals surface area contributed by atoms with Crippen molar-refractivity contribution >= 4 is 15.7 Å². The van der Waals surface area contributed by atoms with Crippen LogP contribution >= 0.6 is 0 Å². The first kappa shape index (κ1) is 17.9. The minimum absolute atomic E-state index is 0.184. The van der Waals surface area contributed by atoms with Crippen LogP contribution in [-0.2, 0) is 10.0 Å². The fourth-order valence-corrected chi connectivity index (χ4v) is 3.80. The number of para-hydroxylation sites is 1. The predicted molar refractivity (Wildman–Crippen MR) is 107 cm³/mol. The zero-order valence-corrected chi connectivity index (χ0v) is 15.8. The molecule has 0 aliphatic rings. The summed E-state index contributed by atoms with van der Waals surface area (Å²) in [5, 5.41) is 4.00. The summed E-state index contributed by atoms with van der Waals surface area (Å²) >= 11 is 0. The Kier molecular flexibility index (Phi) is 4.67. The van der Waals surface area contributed by atoms with Crippen LogP contribution < -0.4 is 4.72 Å². The lowest BCUT2D eigenvalue weighted by atomic mass is 10.2. The number of nitrogens with one attached hydrogen (secondary N) is 1. The van der Waals surface area contributed by atoms with Crippen LogP contribution in [0.5, 0.6) is 0 Å². The maximum atomic E-state index is 12.7. The number of benzene rings is 3. The van der Waals surface area contributed by atoms with E-state index in [1.165, 1.54) is 0 Å². The van der Waals surface area contributed by atoms with Gasteiger partial charge >= 0.3 is 0 Å². The van der Waals surface area contributed by atoms with Crippen molar-refractivity contribution in [1.82, 2.24) is 10.1 Å². The van der Waals surface area contributed by atoms with Crippen molar-refractivity contribution in [3.05, 3.63) is 84.4 Å². The normalized spacial score (nSPS) is 11.3. The highest BCUT2D eigenvalue weighted by Gasteiger charge is 2.19. The second-order valence-corrected chi connectivity index (χ2v) is 7.94. The maximum absolute atomic E-state index is 12.7. The Morgan fingerprint density at radius 1 is 0.857 bits per heavy atom. The van der Waals surface area contributed by atoms with Gasteiger partial charge in [0.2, 0.25) is 5.82 Å². The van der Waals surface area contributed by atoms with Crippen LogP contribution in [0.3, 0.4) is 0 Å². The van der Waals surface area contributed by atoms with Crippen LogP contribution in [0.4, 0.5) is 5.69 Å². The van der Waals surface area contributed by atoms with Gasteiger partial charge in [-0.2, -0.15) is 4.98 Å². The average molecular weight is 391 g/mol. The molecule has 0 fully saturated rings. The van der Waals surface area contributed by atoms with E-state index in [2.05, 4.69) is 14.9 Å². The van der Waals surface area contributed by atoms with E-state index in [1.807, 2.05) is 37.3 Å². The van der Waals surface area contributed by atoms with Crippen molar-refractivity contribution in [3.63, 3.8) is 0 Å². The molecular formula is C21H17N3O3S. The van der Waals surface area contributed by atoms with E-state index in [4.69, 9.17) is 4.52 Å². The Bertz CT molecular complexity index is 1200. The molecule has 28 heavy (non-hydrogen) atoms. The zero-order chi connectivity index (χ0) is 19.6. The minimum Gasteiger partial charge on any atom is -0.334 e. The number of sulfonamides is 1. The molecule has 1 heterocycles. The summed E-state index contributed by atoms with van der Waals surface area (Å²) in [6, 6.07) is 23.0. The van der Waals surface area contributed by atoms with Gasteiger partial charge in [0.25, 0.3) is 15.9 Å². The van der Waals surface area contributed by atoms with Crippen molar-refractivity contribution in [2.75, 3.05) is 4.72 Å². The quantitative estimate of drug-likeness (QED) is 0.541. The van der Waals surface area contributed by atoms with Gasteiger partial charge in [-0.25, -0.2) is 8.42 Å². The summed E-state index contributed by atoms with van der Waals surface area (Å²) in [4.78, 5) is 4.60. The molecule has 6 nitrogen and oxygen atoms in total. The molecule has 0 atom stereocenters. The molecule has 0 saturated carbocycles. The molecule has 4 aromatic rings. The summed E-state index contributed by atoms with van der Waals surface area (Å²) < 4.78 is 33.5. The highest BCUT2D eigenvalue weighted by atomic mass is 32.2. The van der Waals surface area contributed by atoms with E-state index in [0.717, 1.165) is 11.1 Å². The third-order valence-corrected chi connectivity index (χ3v) is 5.57. The maximum Gasteiger partial charge on any atom is 0.261 e. The van der Waals surface area contributed by atoms with E-state index >= 15 is 0 Å². The van der Waals surface area contributed by atoms with E-state index < -0.39 is 10.0 Å². The third kappa shape index (κ3) is 3.65. The Balaban J connectivity index is 1.68. The first-order valence-electron chi connectivity index (χ1n) is 8.61. The molecule has 0 radical (unpaired) electrons. The summed E-state index contributed by atoms with van der Waals surface area (Å²) in [5.74, 6) is 0.674. The van der Waals surface area contributed by atoms with Gasteiger partial charge in [-0.1, -0.05) is 65.3 Å². The van der Waals surface area contributed by atoms with Crippen LogP contribution in [0.25, 0.3) is 22.8 Å². The summed E-state index contributed by atoms with van der Waals surface area (Å²) in [6.07, 6.45) is 0. The van der Waals surface area contributed by atoms with E-state index in [9.17, 15) is 8.42 Å². The van der Waals surface area contributed by atoms with Crippen LogP contribution in [-0.4, -0.2) is 18.6 Å². The molecule has 7 heteroatoms. The topological polar surface area (TPSA) is 85.1 Å². The second-order valence-electron chi connectivity index (χ2n) is 6.25. The molecular weight excluding hydrogens is 374 g/mol. The molecule has 1 N–H and O–H groups in total. The lowest BCUT2D eigenvalue weighted by Crippen LogP contribution is -2.13. The number of nitrogens with zero attached hydrogens (tertiary/aromatic N) is 2. The average Bonchev–Trinajstić information content (AvgIpc) is 3.19. The van der Waals surface area contributed by atoms with Gasteiger partial charge < -0.3 is 4.52 Å². The monoisotopic (exact) mass is 391 g/mol. The summed E-state index contributed by atoms with van der Waals surface area (Å²) in [5.41, 5.74) is 2.67. The van der Waals surface area contributed by atoms with Crippen molar-refractivity contribution < 1.29 is 12.9 Å². The Morgan fingerprint density at radius 3 is 2.29 bits per heavy atom. The molecule has 0 bridgehead atoms. The number of hydrogen-bond acceptors (Lipinski definition) is 5. The van der Waals surface area contributed by atoms with E-state index in [-0.39, 0.29) is 10.8 Å². The van der Waals surface area contributed by atoms with Crippen molar-refractivity contribution in [3.8, 4) is 22.8 Å². The summed E-state index contributed by atoms with van der Waals surface area (Å²) in [6.45, 7) is 1.90. The van der Waals surface area contributed by atoms with Crippen LogP contribution in [0.15, 0.2) is 88.3 Å². The number of aryl methyl sites for hydroxylation is 1. The van der Waals surface area contributed by atoms with Crippen LogP contribution in [0, 0.1) is 6.92 Å². The molecule has 4 rings (SSSR count). The van der Waals surface area contributed by atoms with Crippen LogP contribution in [0.2, 0.25) is 0 Å². The number of anilines is 1. The number of hydrogen-bond donors (Lipinski definition) is 1. The van der Waals surface area contributed by atoms with Crippen LogP contribution in [0.1, 0.15) is 5.56 Å². The van der Waals surface area contributed by atoms with Gasteiger partial charge in [0.1, 0.15) is 0 Å². The van der Waals surface area contributed by atoms with E-state index in [0.29, 0.717) is 17.1 Å². The minimum atomic E-state index is -3.75. The SMILES string of the molecule is Cc1ccc(S(=O)(=O)Nc2ccccc2-c2nc(-c3ccccc3)no2)cc1.